The van der Waals surface area contributed by atoms with Crippen molar-refractivity contribution < 1.29 is 9.47 Å². The Morgan fingerprint density at radius 3 is 2.12 bits per heavy atom. The van der Waals surface area contributed by atoms with E-state index in [1.807, 2.05) is 6.08 Å². The van der Waals surface area contributed by atoms with Gasteiger partial charge in [-0.15, -0.1) is 0 Å². The molecule has 0 saturated carbocycles. The van der Waals surface area contributed by atoms with Crippen molar-refractivity contribution >= 4 is 0 Å². The Balaban J connectivity index is 1.77. The lowest BCUT2D eigenvalue weighted by Gasteiger charge is -2.02. The van der Waals surface area contributed by atoms with Crippen LogP contribution < -0.4 is 0 Å². The van der Waals surface area contributed by atoms with Gasteiger partial charge in [0, 0.05) is 0 Å². The molecule has 1 saturated heterocycles. The van der Waals surface area contributed by atoms with Crippen molar-refractivity contribution in [3.05, 3.63) is 12.2 Å². The lowest BCUT2D eigenvalue weighted by molar-refractivity contribution is -0.00173. The summed E-state index contributed by atoms with van der Waals surface area (Å²) in [5.41, 5.74) is 0. The summed E-state index contributed by atoms with van der Waals surface area (Å²) in [5.74, 6) is 0. The van der Waals surface area contributed by atoms with Crippen molar-refractivity contribution in [1.82, 2.24) is 0 Å². The van der Waals surface area contributed by atoms with Gasteiger partial charge < -0.3 is 9.47 Å². The zero-order valence-corrected chi connectivity index (χ0v) is 11.3. The lowest BCUT2D eigenvalue weighted by atomic mass is 10.1. The smallest absolute Gasteiger partial charge is 0.177 e. The van der Waals surface area contributed by atoms with Gasteiger partial charge in [-0.3, -0.25) is 0 Å². The molecule has 1 aliphatic heterocycles. The molecule has 1 rings (SSSR count). The Bertz CT molecular complexity index is 183. The van der Waals surface area contributed by atoms with Crippen molar-refractivity contribution in [1.29, 1.82) is 0 Å². The Labute approximate surface area is 106 Å². The summed E-state index contributed by atoms with van der Waals surface area (Å²) in [6.07, 6.45) is 16.4. The highest BCUT2D eigenvalue weighted by molar-refractivity contribution is 4.86. The van der Waals surface area contributed by atoms with Gasteiger partial charge in [-0.05, 0) is 18.9 Å². The predicted octanol–water partition coefficient (Wildman–Crippen LogP) is 4.45. The van der Waals surface area contributed by atoms with E-state index in [1.54, 1.807) is 0 Å². The minimum absolute atomic E-state index is 0.0657. The third kappa shape index (κ3) is 8.39. The second-order valence-corrected chi connectivity index (χ2v) is 4.80. The summed E-state index contributed by atoms with van der Waals surface area (Å²) in [6, 6.07) is 0. The van der Waals surface area contributed by atoms with Crippen LogP contribution in [0.25, 0.3) is 0 Å². The minimum atomic E-state index is -0.0657. The summed E-state index contributed by atoms with van der Waals surface area (Å²) in [6.45, 7) is 3.75. The standard InChI is InChI=1S/C15H28O2/c1-2-3-4-5-6-7-8-9-10-11-12-15-16-13-14-17-15/h11-12,15H,2-10,13-14H2,1H3/b12-11+. The molecule has 0 unspecified atom stereocenters. The minimum Gasteiger partial charge on any atom is -0.347 e. The van der Waals surface area contributed by atoms with E-state index in [0.29, 0.717) is 0 Å². The summed E-state index contributed by atoms with van der Waals surface area (Å²) in [4.78, 5) is 0. The van der Waals surface area contributed by atoms with Crippen LogP contribution in [-0.4, -0.2) is 19.5 Å². The van der Waals surface area contributed by atoms with Crippen molar-refractivity contribution in [2.75, 3.05) is 13.2 Å². The fourth-order valence-corrected chi connectivity index (χ4v) is 2.09. The van der Waals surface area contributed by atoms with Crippen LogP contribution in [-0.2, 0) is 9.47 Å². The first-order valence-electron chi connectivity index (χ1n) is 7.33. The number of unbranched alkanes of at least 4 members (excludes halogenated alkanes) is 8. The van der Waals surface area contributed by atoms with Gasteiger partial charge >= 0.3 is 0 Å². The molecule has 0 atom stereocenters. The largest absolute Gasteiger partial charge is 0.347 e. The molecule has 2 nitrogen and oxygen atoms in total. The molecular formula is C15H28O2. The van der Waals surface area contributed by atoms with Crippen molar-refractivity contribution in [3.8, 4) is 0 Å². The van der Waals surface area contributed by atoms with Crippen LogP contribution in [0.2, 0.25) is 0 Å². The van der Waals surface area contributed by atoms with Gasteiger partial charge in [0.05, 0.1) is 13.2 Å². The normalized spacial score (nSPS) is 17.2. The molecule has 2 heteroatoms. The average molecular weight is 240 g/mol. The molecule has 0 aliphatic carbocycles. The fourth-order valence-electron chi connectivity index (χ4n) is 2.09. The molecule has 0 aromatic heterocycles. The van der Waals surface area contributed by atoms with Crippen LogP contribution in [0.4, 0.5) is 0 Å². The molecule has 100 valence electrons. The van der Waals surface area contributed by atoms with E-state index in [0.717, 1.165) is 19.6 Å². The van der Waals surface area contributed by atoms with Gasteiger partial charge in [-0.2, -0.15) is 0 Å². The van der Waals surface area contributed by atoms with Crippen LogP contribution in [0.3, 0.4) is 0 Å². The summed E-state index contributed by atoms with van der Waals surface area (Å²) >= 11 is 0. The number of rotatable bonds is 10. The van der Waals surface area contributed by atoms with E-state index >= 15 is 0 Å². The Kier molecular flexibility index (Phi) is 9.34. The molecule has 1 heterocycles. The number of allylic oxidation sites excluding steroid dienone is 1. The van der Waals surface area contributed by atoms with Crippen LogP contribution in [0.1, 0.15) is 64.7 Å². The SMILES string of the molecule is CCCCCCCCCC/C=C/C1OCCO1. The molecule has 1 fully saturated rings. The van der Waals surface area contributed by atoms with E-state index in [-0.39, 0.29) is 6.29 Å². The topological polar surface area (TPSA) is 18.5 Å². The first-order valence-corrected chi connectivity index (χ1v) is 7.33. The molecule has 0 aromatic carbocycles. The third-order valence-electron chi connectivity index (χ3n) is 3.17. The average Bonchev–Trinajstić information content (AvgIpc) is 2.85. The maximum atomic E-state index is 5.33. The van der Waals surface area contributed by atoms with Crippen LogP contribution in [0.5, 0.6) is 0 Å². The predicted molar refractivity (Wildman–Crippen MR) is 72.1 cm³/mol. The summed E-state index contributed by atoms with van der Waals surface area (Å²) in [7, 11) is 0. The quantitative estimate of drug-likeness (QED) is 0.415. The van der Waals surface area contributed by atoms with Crippen LogP contribution in [0.15, 0.2) is 12.2 Å². The molecule has 0 bridgehead atoms. The highest BCUT2D eigenvalue weighted by Crippen LogP contribution is 2.10. The number of ether oxygens (including phenoxy) is 2. The zero-order chi connectivity index (χ0) is 12.2. The van der Waals surface area contributed by atoms with Gasteiger partial charge in [-0.1, -0.05) is 57.9 Å². The van der Waals surface area contributed by atoms with E-state index < -0.39 is 0 Å². The van der Waals surface area contributed by atoms with Crippen molar-refractivity contribution in [2.45, 2.75) is 71.0 Å². The third-order valence-corrected chi connectivity index (χ3v) is 3.17. The van der Waals surface area contributed by atoms with Gasteiger partial charge in [-0.25, -0.2) is 0 Å². The molecule has 0 spiro atoms. The summed E-state index contributed by atoms with van der Waals surface area (Å²) < 4.78 is 10.7. The van der Waals surface area contributed by atoms with E-state index in [1.165, 1.54) is 51.4 Å². The maximum Gasteiger partial charge on any atom is 0.177 e. The Hall–Kier alpha value is -0.340. The second kappa shape index (κ2) is 10.8. The fraction of sp³-hybridized carbons (Fsp3) is 0.867. The van der Waals surface area contributed by atoms with Gasteiger partial charge in [0.2, 0.25) is 0 Å². The van der Waals surface area contributed by atoms with E-state index in [2.05, 4.69) is 13.0 Å². The first-order chi connectivity index (χ1) is 8.43. The first kappa shape index (κ1) is 14.7. The van der Waals surface area contributed by atoms with Crippen LogP contribution in [0, 0.1) is 0 Å². The Morgan fingerprint density at radius 1 is 0.882 bits per heavy atom. The second-order valence-electron chi connectivity index (χ2n) is 4.80. The molecule has 1 aliphatic rings. The van der Waals surface area contributed by atoms with Gasteiger partial charge in [0.15, 0.2) is 6.29 Å². The number of hydrogen-bond acceptors (Lipinski definition) is 2. The zero-order valence-electron chi connectivity index (χ0n) is 11.3. The molecular weight excluding hydrogens is 212 g/mol. The molecule has 0 amide bonds. The van der Waals surface area contributed by atoms with E-state index in [4.69, 9.17) is 9.47 Å². The lowest BCUT2D eigenvalue weighted by Crippen LogP contribution is -2.01. The monoisotopic (exact) mass is 240 g/mol. The van der Waals surface area contributed by atoms with Crippen LogP contribution >= 0.6 is 0 Å². The van der Waals surface area contributed by atoms with Crippen molar-refractivity contribution in [2.24, 2.45) is 0 Å². The Morgan fingerprint density at radius 2 is 1.47 bits per heavy atom. The van der Waals surface area contributed by atoms with Gasteiger partial charge in [0.25, 0.3) is 0 Å². The maximum absolute atomic E-state index is 5.33. The molecule has 17 heavy (non-hydrogen) atoms. The van der Waals surface area contributed by atoms with E-state index in [9.17, 15) is 0 Å². The highest BCUT2D eigenvalue weighted by Gasteiger charge is 2.10. The van der Waals surface area contributed by atoms with Crippen molar-refractivity contribution in [3.63, 3.8) is 0 Å². The summed E-state index contributed by atoms with van der Waals surface area (Å²) in [5, 5.41) is 0. The number of hydrogen-bond donors (Lipinski definition) is 0. The van der Waals surface area contributed by atoms with Gasteiger partial charge in [0.1, 0.15) is 0 Å². The highest BCUT2D eigenvalue weighted by atomic mass is 16.7. The molecule has 0 radical (unpaired) electrons. The molecule has 0 N–H and O–H groups in total. The molecule has 0 aromatic rings.